The highest BCUT2D eigenvalue weighted by Crippen LogP contribution is 2.29. The molecule has 0 aromatic heterocycles. The van der Waals surface area contributed by atoms with Crippen LogP contribution in [0.15, 0.2) is 59.8 Å². The zero-order valence-corrected chi connectivity index (χ0v) is 16.5. The number of benzene rings is 2. The number of halogens is 2. The van der Waals surface area contributed by atoms with E-state index in [4.69, 9.17) is 17.0 Å². The van der Waals surface area contributed by atoms with E-state index in [2.05, 4.69) is 20.7 Å². The van der Waals surface area contributed by atoms with Crippen molar-refractivity contribution in [1.82, 2.24) is 10.6 Å². The summed E-state index contributed by atoms with van der Waals surface area (Å²) in [5.41, 5.74) is 2.30. The smallest absolute Gasteiger partial charge is 0.387 e. The molecule has 2 aromatic rings. The number of hydrogen-bond donors (Lipinski definition) is 3. The second-order valence-corrected chi connectivity index (χ2v) is 6.61. The third-order valence-electron chi connectivity index (χ3n) is 4.30. The maximum Gasteiger partial charge on any atom is 0.387 e. The number of hydrogen-bond acceptors (Lipinski definition) is 4. The minimum atomic E-state index is -2.90. The van der Waals surface area contributed by atoms with Crippen LogP contribution in [0.4, 0.5) is 14.5 Å². The lowest BCUT2D eigenvalue weighted by molar-refractivity contribution is -0.113. The van der Waals surface area contributed by atoms with Crippen LogP contribution in [0.5, 0.6) is 11.5 Å². The van der Waals surface area contributed by atoms with Gasteiger partial charge in [0.05, 0.1) is 18.7 Å². The molecule has 1 atom stereocenters. The molecule has 3 rings (SSSR count). The Morgan fingerprint density at radius 3 is 2.31 bits per heavy atom. The second kappa shape index (κ2) is 8.87. The third-order valence-corrected chi connectivity index (χ3v) is 4.52. The van der Waals surface area contributed by atoms with E-state index in [9.17, 15) is 13.6 Å². The van der Waals surface area contributed by atoms with Gasteiger partial charge in [0.15, 0.2) is 5.11 Å². The Morgan fingerprint density at radius 2 is 1.72 bits per heavy atom. The van der Waals surface area contributed by atoms with Crippen LogP contribution in [0.25, 0.3) is 0 Å². The van der Waals surface area contributed by atoms with E-state index < -0.39 is 12.7 Å². The van der Waals surface area contributed by atoms with Crippen molar-refractivity contribution in [2.45, 2.75) is 19.6 Å². The number of methoxy groups -OCH3 is 1. The fourth-order valence-corrected chi connectivity index (χ4v) is 3.23. The first-order valence-corrected chi connectivity index (χ1v) is 9.06. The number of nitrogens with one attached hydrogen (secondary N) is 3. The lowest BCUT2D eigenvalue weighted by atomic mass is 9.95. The maximum atomic E-state index is 13.0. The minimum absolute atomic E-state index is 0.0326. The van der Waals surface area contributed by atoms with Crippen molar-refractivity contribution in [2.75, 3.05) is 12.4 Å². The van der Waals surface area contributed by atoms with Crippen LogP contribution in [-0.4, -0.2) is 24.7 Å². The fourth-order valence-electron chi connectivity index (χ4n) is 2.96. The predicted molar refractivity (Wildman–Crippen MR) is 109 cm³/mol. The minimum Gasteiger partial charge on any atom is -0.497 e. The largest absolute Gasteiger partial charge is 0.497 e. The average molecular weight is 419 g/mol. The van der Waals surface area contributed by atoms with Gasteiger partial charge in [0.1, 0.15) is 11.5 Å². The van der Waals surface area contributed by atoms with Crippen molar-refractivity contribution in [3.8, 4) is 11.5 Å². The van der Waals surface area contributed by atoms with Gasteiger partial charge in [-0.3, -0.25) is 4.79 Å². The van der Waals surface area contributed by atoms with Crippen LogP contribution in [0.2, 0.25) is 0 Å². The van der Waals surface area contributed by atoms with E-state index in [1.54, 1.807) is 50.4 Å². The van der Waals surface area contributed by atoms with Crippen LogP contribution in [0.1, 0.15) is 18.5 Å². The van der Waals surface area contributed by atoms with Gasteiger partial charge in [-0.25, -0.2) is 0 Å². The van der Waals surface area contributed by atoms with Gasteiger partial charge in [-0.15, -0.1) is 0 Å². The zero-order valence-electron chi connectivity index (χ0n) is 15.7. The summed E-state index contributed by atoms with van der Waals surface area (Å²) < 4.78 is 34.2. The van der Waals surface area contributed by atoms with Gasteiger partial charge in [0, 0.05) is 11.4 Å². The van der Waals surface area contributed by atoms with Gasteiger partial charge < -0.3 is 25.4 Å². The molecule has 0 spiro atoms. The topological polar surface area (TPSA) is 71.6 Å². The van der Waals surface area contributed by atoms with Gasteiger partial charge in [0.2, 0.25) is 0 Å². The average Bonchev–Trinajstić information content (AvgIpc) is 2.68. The second-order valence-electron chi connectivity index (χ2n) is 6.20. The highest BCUT2D eigenvalue weighted by atomic mass is 32.1. The molecule has 1 heterocycles. The van der Waals surface area contributed by atoms with E-state index >= 15 is 0 Å². The molecule has 0 fully saturated rings. The first kappa shape index (κ1) is 20.5. The Kier molecular flexibility index (Phi) is 6.28. The molecule has 0 aliphatic carbocycles. The molecule has 1 aliphatic rings. The predicted octanol–water partition coefficient (Wildman–Crippen LogP) is 3.73. The van der Waals surface area contributed by atoms with E-state index in [1.165, 1.54) is 12.1 Å². The molecule has 152 valence electrons. The molecule has 0 radical (unpaired) electrons. The Balaban J connectivity index is 1.85. The Hall–Kier alpha value is -3.20. The molecule has 9 heteroatoms. The van der Waals surface area contributed by atoms with Crippen LogP contribution >= 0.6 is 12.2 Å². The first-order chi connectivity index (χ1) is 13.9. The number of ether oxygens (including phenoxy) is 2. The maximum absolute atomic E-state index is 13.0. The third kappa shape index (κ3) is 5.00. The van der Waals surface area contributed by atoms with Crippen molar-refractivity contribution in [1.29, 1.82) is 0 Å². The Morgan fingerprint density at radius 1 is 1.10 bits per heavy atom. The van der Waals surface area contributed by atoms with E-state index in [1.807, 2.05) is 0 Å². The van der Waals surface area contributed by atoms with Crippen molar-refractivity contribution in [3.05, 3.63) is 65.4 Å². The summed E-state index contributed by atoms with van der Waals surface area (Å²) in [5.74, 6) is 0.381. The van der Waals surface area contributed by atoms with Crippen LogP contribution in [-0.2, 0) is 4.79 Å². The van der Waals surface area contributed by atoms with Crippen LogP contribution in [0, 0.1) is 0 Å². The summed E-state index contributed by atoms with van der Waals surface area (Å²) in [4.78, 5) is 13.0. The number of alkyl halides is 2. The highest BCUT2D eigenvalue weighted by molar-refractivity contribution is 7.80. The van der Waals surface area contributed by atoms with Gasteiger partial charge in [-0.1, -0.05) is 12.1 Å². The Labute approximate surface area is 171 Å². The van der Waals surface area contributed by atoms with Crippen LogP contribution in [0.3, 0.4) is 0 Å². The summed E-state index contributed by atoms with van der Waals surface area (Å²) in [7, 11) is 1.56. The molecule has 6 nitrogen and oxygen atoms in total. The normalized spacial score (nSPS) is 16.2. The summed E-state index contributed by atoms with van der Waals surface area (Å²) >= 11 is 5.21. The molecular formula is C20H19F2N3O3S. The molecule has 0 bridgehead atoms. The van der Waals surface area contributed by atoms with E-state index in [0.717, 1.165) is 0 Å². The lowest BCUT2D eigenvalue weighted by Gasteiger charge is -2.30. The SMILES string of the molecule is COc1ccc(NC(=O)C2=C(C)NC(=S)NC2c2ccc(OC(F)F)cc2)cc1. The van der Waals surface area contributed by atoms with Crippen molar-refractivity contribution >= 4 is 28.9 Å². The summed E-state index contributed by atoms with van der Waals surface area (Å²) in [6, 6.07) is 12.4. The van der Waals surface area contributed by atoms with Gasteiger partial charge in [-0.2, -0.15) is 8.78 Å². The molecule has 1 unspecified atom stereocenters. The first-order valence-electron chi connectivity index (χ1n) is 8.66. The molecule has 29 heavy (non-hydrogen) atoms. The Bertz CT molecular complexity index is 931. The van der Waals surface area contributed by atoms with Gasteiger partial charge in [0.25, 0.3) is 5.91 Å². The van der Waals surface area contributed by atoms with Crippen molar-refractivity contribution < 1.29 is 23.0 Å². The fraction of sp³-hybridized carbons (Fsp3) is 0.200. The monoisotopic (exact) mass is 419 g/mol. The molecule has 3 N–H and O–H groups in total. The molecule has 1 amide bonds. The molecule has 0 saturated heterocycles. The van der Waals surface area contributed by atoms with Crippen LogP contribution < -0.4 is 25.4 Å². The number of amides is 1. The number of anilines is 1. The number of carbonyl (C=O) groups excluding carboxylic acids is 1. The highest BCUT2D eigenvalue weighted by Gasteiger charge is 2.30. The summed E-state index contributed by atoms with van der Waals surface area (Å²) in [6.07, 6.45) is 0. The standard InChI is InChI=1S/C20H19F2N3O3S/c1-11-16(18(26)24-13-5-9-14(27-2)10-6-13)17(25-20(29)23-11)12-3-7-15(8-4-12)28-19(21)22/h3-10,17,19H,1-2H3,(H,24,26)(H2,23,25,29). The van der Waals surface area contributed by atoms with E-state index in [0.29, 0.717) is 33.4 Å². The number of thiocarbonyl (C=S) groups is 1. The number of carbonyl (C=O) groups is 1. The summed E-state index contributed by atoms with van der Waals surface area (Å²) in [6.45, 7) is -1.16. The number of rotatable bonds is 6. The van der Waals surface area contributed by atoms with Crippen molar-refractivity contribution in [3.63, 3.8) is 0 Å². The quantitative estimate of drug-likeness (QED) is 0.620. The lowest BCUT2D eigenvalue weighted by Crippen LogP contribution is -2.45. The molecule has 2 aromatic carbocycles. The number of allylic oxidation sites excluding steroid dienone is 1. The summed E-state index contributed by atoms with van der Waals surface area (Å²) in [5, 5.41) is 9.21. The van der Waals surface area contributed by atoms with Crippen molar-refractivity contribution in [2.24, 2.45) is 0 Å². The molecular weight excluding hydrogens is 400 g/mol. The zero-order chi connectivity index (χ0) is 21.0. The van der Waals surface area contributed by atoms with E-state index in [-0.39, 0.29) is 11.7 Å². The molecule has 1 aliphatic heterocycles. The molecule has 0 saturated carbocycles. The van der Waals surface area contributed by atoms with Gasteiger partial charge >= 0.3 is 6.61 Å². The van der Waals surface area contributed by atoms with Gasteiger partial charge in [-0.05, 0) is 61.1 Å².